The quantitative estimate of drug-likeness (QED) is 0.747. The summed E-state index contributed by atoms with van der Waals surface area (Å²) in [4.78, 5) is 0. The van der Waals surface area contributed by atoms with Gasteiger partial charge in [-0.2, -0.15) is 0 Å². The Hall–Kier alpha value is -0.0800. The Kier molecular flexibility index (Phi) is 3.36. The third kappa shape index (κ3) is 2.36. The lowest BCUT2D eigenvalue weighted by molar-refractivity contribution is 0.107. The van der Waals surface area contributed by atoms with Gasteiger partial charge in [-0.3, -0.25) is 0 Å². The van der Waals surface area contributed by atoms with Crippen LogP contribution in [0, 0.1) is 11.8 Å². The molecule has 0 aromatic rings. The molecule has 0 heterocycles. The minimum absolute atomic E-state index is 0.271. The van der Waals surface area contributed by atoms with Crippen molar-refractivity contribution in [2.24, 2.45) is 17.6 Å². The van der Waals surface area contributed by atoms with Gasteiger partial charge in [-0.25, -0.2) is 0 Å². The van der Waals surface area contributed by atoms with Crippen molar-refractivity contribution in [3.63, 3.8) is 0 Å². The largest absolute Gasteiger partial charge is 0.329 e. The molecule has 0 bridgehead atoms. The lowest BCUT2D eigenvalue weighted by Gasteiger charge is -2.46. The van der Waals surface area contributed by atoms with Crippen molar-refractivity contribution in [1.82, 2.24) is 5.32 Å². The summed E-state index contributed by atoms with van der Waals surface area (Å²) < 4.78 is 0. The molecule has 2 unspecified atom stereocenters. The van der Waals surface area contributed by atoms with Crippen LogP contribution in [0.4, 0.5) is 0 Å². The van der Waals surface area contributed by atoms with E-state index >= 15 is 0 Å². The molecule has 15 heavy (non-hydrogen) atoms. The predicted molar refractivity (Wildman–Crippen MR) is 64.7 cm³/mol. The van der Waals surface area contributed by atoms with Crippen LogP contribution in [0.3, 0.4) is 0 Å². The summed E-state index contributed by atoms with van der Waals surface area (Å²) in [5.41, 5.74) is 6.35. The monoisotopic (exact) mass is 210 g/mol. The molecule has 3 N–H and O–H groups in total. The molecule has 2 saturated carbocycles. The molecular weight excluding hydrogens is 184 g/mol. The molecule has 2 aliphatic rings. The van der Waals surface area contributed by atoms with Gasteiger partial charge in [-0.05, 0) is 37.5 Å². The van der Waals surface area contributed by atoms with Crippen molar-refractivity contribution in [1.29, 1.82) is 0 Å². The lowest BCUT2D eigenvalue weighted by atomic mass is 9.68. The van der Waals surface area contributed by atoms with Crippen LogP contribution in [-0.4, -0.2) is 18.1 Å². The Morgan fingerprint density at radius 2 is 2.00 bits per heavy atom. The molecule has 88 valence electrons. The van der Waals surface area contributed by atoms with Gasteiger partial charge in [-0.15, -0.1) is 0 Å². The first-order valence-corrected chi connectivity index (χ1v) is 6.66. The average Bonchev–Trinajstić information content (AvgIpc) is 3.02. The van der Waals surface area contributed by atoms with Crippen molar-refractivity contribution in [2.45, 2.75) is 64.0 Å². The summed E-state index contributed by atoms with van der Waals surface area (Å²) in [5.74, 6) is 1.55. The molecule has 0 aliphatic heterocycles. The van der Waals surface area contributed by atoms with E-state index in [1.54, 1.807) is 0 Å². The highest BCUT2D eigenvalue weighted by Crippen LogP contribution is 2.40. The fourth-order valence-electron chi connectivity index (χ4n) is 3.36. The van der Waals surface area contributed by atoms with Gasteiger partial charge in [0.05, 0.1) is 0 Å². The van der Waals surface area contributed by atoms with E-state index in [0.29, 0.717) is 0 Å². The van der Waals surface area contributed by atoms with E-state index in [2.05, 4.69) is 19.2 Å². The first-order valence-electron chi connectivity index (χ1n) is 6.66. The Bertz CT molecular complexity index is 211. The topological polar surface area (TPSA) is 38.0 Å². The van der Waals surface area contributed by atoms with Crippen LogP contribution >= 0.6 is 0 Å². The lowest BCUT2D eigenvalue weighted by Crippen LogP contribution is -2.60. The fraction of sp³-hybridized carbons (Fsp3) is 1.00. The normalized spacial score (nSPS) is 37.2. The van der Waals surface area contributed by atoms with Crippen LogP contribution in [0.1, 0.15) is 52.4 Å². The van der Waals surface area contributed by atoms with Gasteiger partial charge < -0.3 is 11.1 Å². The van der Waals surface area contributed by atoms with Crippen LogP contribution in [0.25, 0.3) is 0 Å². The maximum Gasteiger partial charge on any atom is 0.0337 e. The van der Waals surface area contributed by atoms with E-state index in [4.69, 9.17) is 5.73 Å². The van der Waals surface area contributed by atoms with Crippen molar-refractivity contribution >= 4 is 0 Å². The van der Waals surface area contributed by atoms with E-state index < -0.39 is 0 Å². The standard InChI is InChI=1S/C13H26N2/c1-10(2)12-5-3-4-8-13(12,9-14)15-11-6-7-11/h10-12,15H,3-9,14H2,1-2H3. The molecular formula is C13H26N2. The van der Waals surface area contributed by atoms with Crippen molar-refractivity contribution in [2.75, 3.05) is 6.54 Å². The maximum absolute atomic E-state index is 6.08. The molecule has 2 nitrogen and oxygen atoms in total. The van der Waals surface area contributed by atoms with Crippen molar-refractivity contribution < 1.29 is 0 Å². The number of hydrogen-bond donors (Lipinski definition) is 2. The SMILES string of the molecule is CC(C)C1CCCCC1(CN)NC1CC1. The van der Waals surface area contributed by atoms with Crippen molar-refractivity contribution in [3.05, 3.63) is 0 Å². The minimum atomic E-state index is 0.271. The van der Waals surface area contributed by atoms with Gasteiger partial charge in [0.15, 0.2) is 0 Å². The first kappa shape index (κ1) is 11.4. The van der Waals surface area contributed by atoms with Gasteiger partial charge in [0.2, 0.25) is 0 Å². The van der Waals surface area contributed by atoms with E-state index in [0.717, 1.165) is 24.4 Å². The average molecular weight is 210 g/mol. The predicted octanol–water partition coefficient (Wildman–Crippen LogP) is 2.28. The molecule has 2 aliphatic carbocycles. The van der Waals surface area contributed by atoms with Crippen LogP contribution < -0.4 is 11.1 Å². The minimum Gasteiger partial charge on any atom is -0.329 e. The highest BCUT2D eigenvalue weighted by Gasteiger charge is 2.43. The third-order valence-corrected chi connectivity index (χ3v) is 4.34. The summed E-state index contributed by atoms with van der Waals surface area (Å²) in [6.45, 7) is 5.54. The Labute approximate surface area is 94.0 Å². The zero-order valence-corrected chi connectivity index (χ0v) is 10.3. The Balaban J connectivity index is 2.09. The molecule has 0 aromatic heterocycles. The summed E-state index contributed by atoms with van der Waals surface area (Å²) in [6, 6.07) is 0.785. The second kappa shape index (κ2) is 4.42. The second-order valence-corrected chi connectivity index (χ2v) is 5.88. The van der Waals surface area contributed by atoms with E-state index in [-0.39, 0.29) is 5.54 Å². The van der Waals surface area contributed by atoms with Crippen LogP contribution in [0.5, 0.6) is 0 Å². The van der Waals surface area contributed by atoms with Crippen molar-refractivity contribution in [3.8, 4) is 0 Å². The number of hydrogen-bond acceptors (Lipinski definition) is 2. The molecule has 0 saturated heterocycles. The molecule has 2 fully saturated rings. The molecule has 2 rings (SSSR count). The molecule has 0 spiro atoms. The van der Waals surface area contributed by atoms with Gasteiger partial charge >= 0.3 is 0 Å². The summed E-state index contributed by atoms with van der Waals surface area (Å²) in [7, 11) is 0. The number of nitrogens with one attached hydrogen (secondary N) is 1. The molecule has 0 radical (unpaired) electrons. The van der Waals surface area contributed by atoms with Crippen LogP contribution in [0.15, 0.2) is 0 Å². The van der Waals surface area contributed by atoms with Crippen LogP contribution in [-0.2, 0) is 0 Å². The zero-order chi connectivity index (χ0) is 10.9. The summed E-state index contributed by atoms with van der Waals surface area (Å²) >= 11 is 0. The van der Waals surface area contributed by atoms with Crippen LogP contribution in [0.2, 0.25) is 0 Å². The molecule has 0 aromatic carbocycles. The number of rotatable bonds is 4. The third-order valence-electron chi connectivity index (χ3n) is 4.34. The highest BCUT2D eigenvalue weighted by atomic mass is 15.1. The smallest absolute Gasteiger partial charge is 0.0337 e. The second-order valence-electron chi connectivity index (χ2n) is 5.88. The Morgan fingerprint density at radius 3 is 2.53 bits per heavy atom. The van der Waals surface area contributed by atoms with Gasteiger partial charge in [0, 0.05) is 18.1 Å². The van der Waals surface area contributed by atoms with Gasteiger partial charge in [-0.1, -0.05) is 26.7 Å². The summed E-state index contributed by atoms with van der Waals surface area (Å²) in [5, 5.41) is 3.86. The zero-order valence-electron chi connectivity index (χ0n) is 10.3. The first-order chi connectivity index (χ1) is 7.18. The molecule has 0 amide bonds. The maximum atomic E-state index is 6.08. The molecule has 2 heteroatoms. The molecule has 2 atom stereocenters. The fourth-order valence-corrected chi connectivity index (χ4v) is 3.36. The summed E-state index contributed by atoms with van der Waals surface area (Å²) in [6.07, 6.45) is 8.16. The van der Waals surface area contributed by atoms with Gasteiger partial charge in [0.25, 0.3) is 0 Å². The highest BCUT2D eigenvalue weighted by molar-refractivity contribution is 5.03. The van der Waals surface area contributed by atoms with E-state index in [1.807, 2.05) is 0 Å². The van der Waals surface area contributed by atoms with Gasteiger partial charge in [0.1, 0.15) is 0 Å². The van der Waals surface area contributed by atoms with E-state index in [9.17, 15) is 0 Å². The Morgan fingerprint density at radius 1 is 1.27 bits per heavy atom. The number of nitrogens with two attached hydrogens (primary N) is 1. The van der Waals surface area contributed by atoms with E-state index in [1.165, 1.54) is 38.5 Å².